The third-order valence-electron chi connectivity index (χ3n) is 6.82. The maximum absolute atomic E-state index is 15.0. The Balaban J connectivity index is 1.51. The molecule has 0 heterocycles. The first-order valence-corrected chi connectivity index (χ1v) is 11.0. The Morgan fingerprint density at radius 1 is 0.931 bits per heavy atom. The van der Waals surface area contributed by atoms with Crippen LogP contribution in [0.2, 0.25) is 0 Å². The van der Waals surface area contributed by atoms with Gasteiger partial charge in [0.25, 0.3) is 0 Å². The lowest BCUT2D eigenvalue weighted by Crippen LogP contribution is -2.14. The third-order valence-corrected chi connectivity index (χ3v) is 6.82. The van der Waals surface area contributed by atoms with Crippen molar-refractivity contribution in [3.05, 3.63) is 76.1 Å². The van der Waals surface area contributed by atoms with Crippen LogP contribution in [0.3, 0.4) is 0 Å². The normalized spacial score (nSPS) is 21.6. The fraction of sp³-hybridized carbons (Fsp3) is 0.462. The zero-order chi connectivity index (χ0) is 20.4. The van der Waals surface area contributed by atoms with Crippen molar-refractivity contribution in [3.8, 4) is 0 Å². The van der Waals surface area contributed by atoms with Gasteiger partial charge in [0, 0.05) is 5.56 Å². The Morgan fingerprint density at radius 3 is 2.34 bits per heavy atom. The van der Waals surface area contributed by atoms with Crippen LogP contribution >= 0.6 is 0 Å². The predicted molar refractivity (Wildman–Crippen MR) is 112 cm³/mol. The molecule has 4 rings (SSSR count). The van der Waals surface area contributed by atoms with Gasteiger partial charge in [0.2, 0.25) is 0 Å². The molecule has 154 valence electrons. The molecule has 0 atom stereocenters. The number of benzene rings is 2. The molecule has 2 aromatic rings. The van der Waals surface area contributed by atoms with Crippen molar-refractivity contribution in [2.75, 3.05) is 0 Å². The summed E-state index contributed by atoms with van der Waals surface area (Å²) in [4.78, 5) is 0. The van der Waals surface area contributed by atoms with E-state index in [1.54, 1.807) is 12.1 Å². The van der Waals surface area contributed by atoms with Crippen LogP contribution in [0.25, 0.3) is 5.57 Å². The number of rotatable bonds is 5. The van der Waals surface area contributed by atoms with E-state index < -0.39 is 11.6 Å². The number of hydrogen-bond donors (Lipinski definition) is 0. The minimum atomic E-state index is -0.487. The molecule has 1 fully saturated rings. The summed E-state index contributed by atoms with van der Waals surface area (Å²) in [7, 11) is 0. The van der Waals surface area contributed by atoms with Crippen LogP contribution in [0.4, 0.5) is 13.2 Å². The molecule has 0 amide bonds. The van der Waals surface area contributed by atoms with Crippen LogP contribution < -0.4 is 0 Å². The first-order valence-electron chi connectivity index (χ1n) is 11.0. The van der Waals surface area contributed by atoms with Gasteiger partial charge >= 0.3 is 0 Å². The van der Waals surface area contributed by atoms with Crippen molar-refractivity contribution < 1.29 is 13.2 Å². The van der Waals surface area contributed by atoms with Crippen molar-refractivity contribution in [3.63, 3.8) is 0 Å². The summed E-state index contributed by atoms with van der Waals surface area (Å²) in [5.74, 6) is -0.198. The summed E-state index contributed by atoms with van der Waals surface area (Å²) in [5.41, 5.74) is 2.91. The molecule has 2 aliphatic rings. The molecule has 29 heavy (non-hydrogen) atoms. The summed E-state index contributed by atoms with van der Waals surface area (Å²) in [6, 6.07) is 8.01. The standard InChI is InChI=1S/C26H29F3/c1-2-3-5-17-8-10-18(11-9-17)21-15-24(28)26(25(29)16-21)20-12-13-22-19(14-20)6-4-7-23(22)27/h4,6-7,12,15-18H,2-3,5,8-11,13-14H2,1H3. The van der Waals surface area contributed by atoms with Crippen molar-refractivity contribution >= 4 is 5.57 Å². The van der Waals surface area contributed by atoms with E-state index in [1.165, 1.54) is 37.5 Å². The average Bonchev–Trinajstić information content (AvgIpc) is 2.72. The molecular formula is C26H29F3. The van der Waals surface area contributed by atoms with Gasteiger partial charge in [-0.25, -0.2) is 13.2 Å². The molecule has 1 saturated carbocycles. The van der Waals surface area contributed by atoms with Crippen molar-refractivity contribution in [1.82, 2.24) is 0 Å². The largest absolute Gasteiger partial charge is 0.207 e. The first kappa shape index (κ1) is 20.3. The van der Waals surface area contributed by atoms with Gasteiger partial charge < -0.3 is 0 Å². The second-order valence-electron chi connectivity index (χ2n) is 8.71. The number of allylic oxidation sites excluding steroid dienone is 2. The summed E-state index contributed by atoms with van der Waals surface area (Å²) in [5, 5.41) is 0. The monoisotopic (exact) mass is 398 g/mol. The molecule has 0 aromatic heterocycles. The molecule has 0 spiro atoms. The fourth-order valence-corrected chi connectivity index (χ4v) is 5.10. The molecule has 2 aliphatic carbocycles. The van der Waals surface area contributed by atoms with E-state index in [9.17, 15) is 13.2 Å². The van der Waals surface area contributed by atoms with E-state index in [0.717, 1.165) is 42.7 Å². The fourth-order valence-electron chi connectivity index (χ4n) is 5.10. The van der Waals surface area contributed by atoms with E-state index in [2.05, 4.69) is 6.92 Å². The first-order chi connectivity index (χ1) is 14.1. The molecule has 0 radical (unpaired) electrons. The highest BCUT2D eigenvalue weighted by atomic mass is 19.1. The maximum Gasteiger partial charge on any atom is 0.133 e. The highest BCUT2D eigenvalue weighted by Gasteiger charge is 2.26. The van der Waals surface area contributed by atoms with Gasteiger partial charge in [0.15, 0.2) is 0 Å². The average molecular weight is 399 g/mol. The van der Waals surface area contributed by atoms with Crippen molar-refractivity contribution in [2.45, 2.75) is 70.6 Å². The van der Waals surface area contributed by atoms with E-state index >= 15 is 0 Å². The second kappa shape index (κ2) is 8.77. The summed E-state index contributed by atoms with van der Waals surface area (Å²) >= 11 is 0. The van der Waals surface area contributed by atoms with Gasteiger partial charge in [-0.15, -0.1) is 0 Å². The quantitative estimate of drug-likeness (QED) is 0.483. The molecule has 0 bridgehead atoms. The molecule has 2 aromatic carbocycles. The Kier molecular flexibility index (Phi) is 6.12. The summed E-state index contributed by atoms with van der Waals surface area (Å²) in [6.07, 6.45) is 10.6. The SMILES string of the molecule is CCCCC1CCC(c2cc(F)c(C3=CCc4c(F)cccc4C3)c(F)c2)CC1. The zero-order valence-corrected chi connectivity index (χ0v) is 17.1. The lowest BCUT2D eigenvalue weighted by atomic mass is 9.76. The lowest BCUT2D eigenvalue weighted by Gasteiger charge is -2.29. The maximum atomic E-state index is 15.0. The number of fused-ring (bicyclic) bond motifs is 1. The van der Waals surface area contributed by atoms with Crippen LogP contribution in [-0.4, -0.2) is 0 Å². The molecular weight excluding hydrogens is 369 g/mol. The van der Waals surface area contributed by atoms with E-state index in [-0.39, 0.29) is 17.3 Å². The van der Waals surface area contributed by atoms with Crippen LogP contribution in [-0.2, 0) is 12.8 Å². The Hall–Kier alpha value is -2.03. The summed E-state index contributed by atoms with van der Waals surface area (Å²) in [6.45, 7) is 2.22. The minimum absolute atomic E-state index is 0.0558. The Morgan fingerprint density at radius 2 is 1.66 bits per heavy atom. The Bertz CT molecular complexity index is 881. The zero-order valence-electron chi connectivity index (χ0n) is 17.1. The highest BCUT2D eigenvalue weighted by Crippen LogP contribution is 2.40. The molecule has 0 unspecified atom stereocenters. The van der Waals surface area contributed by atoms with Gasteiger partial charge in [-0.2, -0.15) is 0 Å². The predicted octanol–water partition coefficient (Wildman–Crippen LogP) is 7.75. The molecule has 3 heteroatoms. The third kappa shape index (κ3) is 4.29. The van der Waals surface area contributed by atoms with E-state index in [0.29, 0.717) is 24.0 Å². The summed E-state index contributed by atoms with van der Waals surface area (Å²) < 4.78 is 43.9. The van der Waals surface area contributed by atoms with Crippen molar-refractivity contribution in [2.24, 2.45) is 5.92 Å². The number of hydrogen-bond acceptors (Lipinski definition) is 0. The lowest BCUT2D eigenvalue weighted by molar-refractivity contribution is 0.303. The topological polar surface area (TPSA) is 0 Å². The van der Waals surface area contributed by atoms with Crippen LogP contribution in [0.1, 0.15) is 80.0 Å². The molecule has 0 N–H and O–H groups in total. The van der Waals surface area contributed by atoms with Gasteiger partial charge in [-0.05, 0) is 90.8 Å². The van der Waals surface area contributed by atoms with Crippen LogP contribution in [0, 0.1) is 23.4 Å². The van der Waals surface area contributed by atoms with Gasteiger partial charge in [0.1, 0.15) is 17.5 Å². The van der Waals surface area contributed by atoms with E-state index in [1.807, 2.05) is 6.07 Å². The minimum Gasteiger partial charge on any atom is -0.207 e. The van der Waals surface area contributed by atoms with Gasteiger partial charge in [0.05, 0.1) is 0 Å². The van der Waals surface area contributed by atoms with Crippen LogP contribution in [0.15, 0.2) is 36.4 Å². The van der Waals surface area contributed by atoms with Gasteiger partial charge in [-0.1, -0.05) is 44.4 Å². The molecule has 0 aliphatic heterocycles. The Labute approximate surface area is 171 Å². The van der Waals surface area contributed by atoms with Crippen LogP contribution in [0.5, 0.6) is 0 Å². The van der Waals surface area contributed by atoms with E-state index in [4.69, 9.17) is 0 Å². The highest BCUT2D eigenvalue weighted by molar-refractivity contribution is 5.71. The molecule has 0 saturated heterocycles. The smallest absolute Gasteiger partial charge is 0.133 e. The number of halogens is 3. The van der Waals surface area contributed by atoms with Gasteiger partial charge in [-0.3, -0.25) is 0 Å². The number of unbranched alkanes of at least 4 members (excludes halogenated alkanes) is 1. The molecule has 0 nitrogen and oxygen atoms in total. The second-order valence-corrected chi connectivity index (χ2v) is 8.71. The van der Waals surface area contributed by atoms with Crippen molar-refractivity contribution in [1.29, 1.82) is 0 Å².